The van der Waals surface area contributed by atoms with Gasteiger partial charge in [0.15, 0.2) is 0 Å². The summed E-state index contributed by atoms with van der Waals surface area (Å²) in [6, 6.07) is 6.90. The van der Waals surface area contributed by atoms with Crippen molar-refractivity contribution in [3.05, 3.63) is 52.6 Å². The Kier molecular flexibility index (Phi) is 5.05. The molecule has 0 aliphatic heterocycles. The van der Waals surface area contributed by atoms with Crippen LogP contribution in [0.5, 0.6) is 0 Å². The molecule has 7 nitrogen and oxygen atoms in total. The van der Waals surface area contributed by atoms with Crippen LogP contribution >= 0.6 is 0 Å². The van der Waals surface area contributed by atoms with E-state index in [2.05, 4.69) is 0 Å². The van der Waals surface area contributed by atoms with Gasteiger partial charge in [0, 0.05) is 5.69 Å². The summed E-state index contributed by atoms with van der Waals surface area (Å²) in [7, 11) is -9.21. The van der Waals surface area contributed by atoms with E-state index in [0.717, 1.165) is 6.07 Å². The molecule has 0 radical (unpaired) electrons. The SMILES string of the molecule is Cc1ccc(/C=C/c2cc(C)c(S(=O)(=O)[O-])cc2N)cc1S(=O)(=O)[O-]. The summed E-state index contributed by atoms with van der Waals surface area (Å²) < 4.78 is 67.1. The van der Waals surface area contributed by atoms with Crippen molar-refractivity contribution in [2.24, 2.45) is 0 Å². The predicted octanol–water partition coefficient (Wildman–Crippen LogP) is 1.86. The molecule has 0 unspecified atom stereocenters. The third kappa shape index (κ3) is 4.45. The zero-order chi connectivity index (χ0) is 19.0. The molecule has 0 saturated carbocycles. The van der Waals surface area contributed by atoms with Crippen LogP contribution in [-0.2, 0) is 20.2 Å². The van der Waals surface area contributed by atoms with Crippen LogP contribution in [0.25, 0.3) is 12.2 Å². The highest BCUT2D eigenvalue weighted by molar-refractivity contribution is 7.86. The van der Waals surface area contributed by atoms with Crippen LogP contribution in [0.15, 0.2) is 40.1 Å². The third-order valence-corrected chi connectivity index (χ3v) is 5.54. The number of benzene rings is 2. The fraction of sp³-hybridized carbons (Fsp3) is 0.125. The monoisotopic (exact) mass is 381 g/mol. The summed E-state index contributed by atoms with van der Waals surface area (Å²) in [5.74, 6) is 0. The number of aryl methyl sites for hydroxylation is 2. The van der Waals surface area contributed by atoms with Crippen molar-refractivity contribution in [3.8, 4) is 0 Å². The molecule has 0 atom stereocenters. The molecule has 25 heavy (non-hydrogen) atoms. The lowest BCUT2D eigenvalue weighted by atomic mass is 10.1. The lowest BCUT2D eigenvalue weighted by Crippen LogP contribution is -2.03. The second kappa shape index (κ2) is 6.60. The second-order valence-electron chi connectivity index (χ2n) is 5.51. The summed E-state index contributed by atoms with van der Waals surface area (Å²) >= 11 is 0. The van der Waals surface area contributed by atoms with Gasteiger partial charge in [-0.1, -0.05) is 24.3 Å². The molecule has 2 rings (SSSR count). The van der Waals surface area contributed by atoms with Gasteiger partial charge in [0.05, 0.1) is 9.79 Å². The largest absolute Gasteiger partial charge is 0.744 e. The molecule has 2 aromatic carbocycles. The quantitative estimate of drug-likeness (QED) is 0.484. The molecule has 2 N–H and O–H groups in total. The Morgan fingerprint density at radius 1 is 0.840 bits per heavy atom. The molecule has 0 aliphatic rings. The number of rotatable bonds is 4. The van der Waals surface area contributed by atoms with Gasteiger partial charge in [0.2, 0.25) is 0 Å². The summed E-state index contributed by atoms with van der Waals surface area (Å²) in [5, 5.41) is 0. The van der Waals surface area contributed by atoms with E-state index in [1.807, 2.05) is 0 Å². The van der Waals surface area contributed by atoms with Crippen molar-refractivity contribution < 1.29 is 25.9 Å². The molecular formula is C16H15NO6S2-2. The van der Waals surface area contributed by atoms with E-state index in [1.165, 1.54) is 44.2 Å². The minimum atomic E-state index is -4.62. The standard InChI is InChI=1S/C16H17NO6S2/c1-10-3-4-12(8-15(10)24(18,19)20)5-6-13-7-11(2)16(9-14(13)17)25(21,22)23/h3-9H,17H2,1-2H3,(H,18,19,20)(H,21,22,23)/p-2/b6-5+. The first kappa shape index (κ1) is 19.1. The van der Waals surface area contributed by atoms with E-state index >= 15 is 0 Å². The Morgan fingerprint density at radius 2 is 1.40 bits per heavy atom. The number of hydrogen-bond donors (Lipinski definition) is 1. The predicted molar refractivity (Wildman–Crippen MR) is 91.6 cm³/mol. The molecule has 0 saturated heterocycles. The van der Waals surface area contributed by atoms with E-state index in [0.29, 0.717) is 16.7 Å². The average molecular weight is 381 g/mol. The van der Waals surface area contributed by atoms with Gasteiger partial charge in [-0.05, 0) is 54.3 Å². The van der Waals surface area contributed by atoms with Crippen molar-refractivity contribution in [2.45, 2.75) is 23.6 Å². The number of hydrogen-bond acceptors (Lipinski definition) is 7. The molecule has 0 heterocycles. The van der Waals surface area contributed by atoms with Crippen LogP contribution in [0.1, 0.15) is 22.3 Å². The zero-order valence-corrected chi connectivity index (χ0v) is 15.0. The van der Waals surface area contributed by atoms with Crippen LogP contribution < -0.4 is 5.73 Å². The fourth-order valence-electron chi connectivity index (χ4n) is 2.32. The highest BCUT2D eigenvalue weighted by atomic mass is 32.2. The highest BCUT2D eigenvalue weighted by Gasteiger charge is 2.09. The van der Waals surface area contributed by atoms with Gasteiger partial charge in [0.1, 0.15) is 20.2 Å². The second-order valence-corrected chi connectivity index (χ2v) is 8.21. The van der Waals surface area contributed by atoms with E-state index in [-0.39, 0.29) is 16.1 Å². The molecule has 0 aliphatic carbocycles. The van der Waals surface area contributed by atoms with E-state index < -0.39 is 25.1 Å². The third-order valence-electron chi connectivity index (χ3n) is 3.59. The van der Waals surface area contributed by atoms with Crippen LogP contribution in [0.3, 0.4) is 0 Å². The van der Waals surface area contributed by atoms with Gasteiger partial charge in [-0.15, -0.1) is 0 Å². The Morgan fingerprint density at radius 3 is 1.96 bits per heavy atom. The van der Waals surface area contributed by atoms with Crippen molar-refractivity contribution in [3.63, 3.8) is 0 Å². The molecule has 0 aromatic heterocycles. The molecule has 9 heteroatoms. The van der Waals surface area contributed by atoms with Gasteiger partial charge in [0.25, 0.3) is 0 Å². The Labute approximate surface area is 146 Å². The van der Waals surface area contributed by atoms with Gasteiger partial charge in [-0.2, -0.15) is 0 Å². The number of anilines is 1. The molecule has 0 amide bonds. The maximum absolute atomic E-state index is 11.2. The average Bonchev–Trinajstić information content (AvgIpc) is 2.46. The highest BCUT2D eigenvalue weighted by Crippen LogP contribution is 2.25. The molecule has 0 spiro atoms. The van der Waals surface area contributed by atoms with Gasteiger partial charge >= 0.3 is 0 Å². The van der Waals surface area contributed by atoms with Crippen LogP contribution in [0.2, 0.25) is 0 Å². The van der Waals surface area contributed by atoms with Gasteiger partial charge < -0.3 is 14.8 Å². The first-order valence-corrected chi connectivity index (χ1v) is 9.82. The Bertz CT molecular complexity index is 1070. The molecule has 2 aromatic rings. The van der Waals surface area contributed by atoms with Crippen LogP contribution in [0, 0.1) is 13.8 Å². The first-order chi connectivity index (χ1) is 11.4. The number of nitrogen functional groups attached to an aromatic ring is 1. The molecule has 0 bridgehead atoms. The minimum Gasteiger partial charge on any atom is -0.744 e. The summed E-state index contributed by atoms with van der Waals surface area (Å²) in [4.78, 5) is -0.705. The molecule has 0 fully saturated rings. The topological polar surface area (TPSA) is 140 Å². The van der Waals surface area contributed by atoms with Gasteiger partial charge in [-0.3, -0.25) is 0 Å². The summed E-state index contributed by atoms with van der Waals surface area (Å²) in [5.41, 5.74) is 7.36. The molecule has 134 valence electrons. The fourth-order valence-corrected chi connectivity index (χ4v) is 3.78. The van der Waals surface area contributed by atoms with Crippen molar-refractivity contribution in [1.82, 2.24) is 0 Å². The maximum Gasteiger partial charge on any atom is 0.124 e. The Balaban J connectivity index is 2.46. The maximum atomic E-state index is 11.2. The minimum absolute atomic E-state index is 0.0834. The Hall–Kier alpha value is -2.20. The lowest BCUT2D eigenvalue weighted by molar-refractivity contribution is 0.460. The normalized spacial score (nSPS) is 12.6. The number of nitrogens with two attached hydrogens (primary N) is 1. The van der Waals surface area contributed by atoms with Crippen molar-refractivity contribution in [1.29, 1.82) is 0 Å². The van der Waals surface area contributed by atoms with Crippen molar-refractivity contribution in [2.75, 3.05) is 5.73 Å². The van der Waals surface area contributed by atoms with E-state index in [1.54, 1.807) is 6.07 Å². The van der Waals surface area contributed by atoms with Gasteiger partial charge in [-0.25, -0.2) is 16.8 Å². The lowest BCUT2D eigenvalue weighted by Gasteiger charge is -2.13. The first-order valence-electron chi connectivity index (χ1n) is 7.00. The summed E-state index contributed by atoms with van der Waals surface area (Å²) in [6.07, 6.45) is 3.07. The summed E-state index contributed by atoms with van der Waals surface area (Å²) in [6.45, 7) is 2.98. The smallest absolute Gasteiger partial charge is 0.124 e. The zero-order valence-electron chi connectivity index (χ0n) is 13.4. The molecular weight excluding hydrogens is 366 g/mol. The van der Waals surface area contributed by atoms with Crippen molar-refractivity contribution >= 4 is 38.1 Å². The van der Waals surface area contributed by atoms with Crippen LogP contribution in [-0.4, -0.2) is 25.9 Å². The van der Waals surface area contributed by atoms with E-state index in [4.69, 9.17) is 5.73 Å². The van der Waals surface area contributed by atoms with E-state index in [9.17, 15) is 25.9 Å². The van der Waals surface area contributed by atoms with Crippen LogP contribution in [0.4, 0.5) is 5.69 Å².